The standard InChI is InChI=1S/C26H30N2O3S/c1-18-14-19(2)25(20(3)15-18)32(30,31)28-13-7-11-23(17-28)26(29)27-16-22-10-6-9-21-8-4-5-12-24(21)22/h4-6,8-10,12,14-15,23H,7,11,13,16-17H2,1-3H3,(H,27,29). The van der Waals surface area contributed by atoms with Crippen molar-refractivity contribution in [3.8, 4) is 0 Å². The van der Waals surface area contributed by atoms with E-state index in [2.05, 4.69) is 23.5 Å². The monoisotopic (exact) mass is 450 g/mol. The Morgan fingerprint density at radius 1 is 1.03 bits per heavy atom. The minimum atomic E-state index is -3.65. The van der Waals surface area contributed by atoms with Crippen LogP contribution in [0.3, 0.4) is 0 Å². The quantitative estimate of drug-likeness (QED) is 0.623. The minimum absolute atomic E-state index is 0.0878. The highest BCUT2D eigenvalue weighted by Gasteiger charge is 2.34. The van der Waals surface area contributed by atoms with Crippen molar-refractivity contribution >= 4 is 26.7 Å². The maximum absolute atomic E-state index is 13.4. The lowest BCUT2D eigenvalue weighted by Gasteiger charge is -2.32. The molecule has 5 nitrogen and oxygen atoms in total. The maximum atomic E-state index is 13.4. The van der Waals surface area contributed by atoms with E-state index in [1.807, 2.05) is 57.2 Å². The van der Waals surface area contributed by atoms with Crippen LogP contribution in [-0.4, -0.2) is 31.7 Å². The van der Waals surface area contributed by atoms with Gasteiger partial charge in [-0.05, 0) is 61.1 Å². The van der Waals surface area contributed by atoms with Gasteiger partial charge in [0.15, 0.2) is 0 Å². The molecule has 0 radical (unpaired) electrons. The van der Waals surface area contributed by atoms with Crippen molar-refractivity contribution in [1.29, 1.82) is 0 Å². The number of nitrogens with one attached hydrogen (secondary N) is 1. The first-order chi connectivity index (χ1) is 15.3. The smallest absolute Gasteiger partial charge is 0.243 e. The molecule has 3 aromatic rings. The van der Waals surface area contributed by atoms with Gasteiger partial charge in [0.1, 0.15) is 0 Å². The number of benzene rings is 3. The molecule has 1 saturated heterocycles. The van der Waals surface area contributed by atoms with Crippen molar-refractivity contribution in [3.05, 3.63) is 76.9 Å². The molecule has 0 saturated carbocycles. The lowest BCUT2D eigenvalue weighted by molar-refractivity contribution is -0.126. The van der Waals surface area contributed by atoms with Crippen molar-refractivity contribution in [3.63, 3.8) is 0 Å². The average molecular weight is 451 g/mol. The summed E-state index contributed by atoms with van der Waals surface area (Å²) in [6.45, 7) is 6.74. The first kappa shape index (κ1) is 22.5. The summed E-state index contributed by atoms with van der Waals surface area (Å²) in [5.41, 5.74) is 3.61. The van der Waals surface area contributed by atoms with E-state index in [0.29, 0.717) is 30.8 Å². The Morgan fingerprint density at radius 2 is 1.72 bits per heavy atom. The van der Waals surface area contributed by atoms with E-state index < -0.39 is 10.0 Å². The zero-order valence-corrected chi connectivity index (χ0v) is 19.7. The SMILES string of the molecule is Cc1cc(C)c(S(=O)(=O)N2CCCC(C(=O)NCc3cccc4ccccc34)C2)c(C)c1. The molecular weight excluding hydrogens is 420 g/mol. The number of hydrogen-bond donors (Lipinski definition) is 1. The number of aryl methyl sites for hydroxylation is 3. The van der Waals surface area contributed by atoms with Crippen molar-refractivity contribution in [2.45, 2.75) is 45.1 Å². The fourth-order valence-electron chi connectivity index (χ4n) is 4.85. The Balaban J connectivity index is 1.48. The van der Waals surface area contributed by atoms with Crippen LogP contribution in [0.4, 0.5) is 0 Å². The normalized spacial score (nSPS) is 17.4. The number of carbonyl (C=O) groups is 1. The molecule has 0 aromatic heterocycles. The predicted molar refractivity (Wildman–Crippen MR) is 128 cm³/mol. The van der Waals surface area contributed by atoms with Gasteiger partial charge in [-0.3, -0.25) is 4.79 Å². The van der Waals surface area contributed by atoms with E-state index in [1.54, 1.807) is 0 Å². The summed E-state index contributed by atoms with van der Waals surface area (Å²) < 4.78 is 28.3. The Labute approximate surface area is 190 Å². The van der Waals surface area contributed by atoms with Gasteiger partial charge in [-0.1, -0.05) is 60.2 Å². The molecule has 32 heavy (non-hydrogen) atoms. The lowest BCUT2D eigenvalue weighted by Crippen LogP contribution is -2.45. The molecule has 1 fully saturated rings. The molecule has 0 spiro atoms. The molecule has 168 valence electrons. The van der Waals surface area contributed by atoms with Crippen LogP contribution < -0.4 is 5.32 Å². The van der Waals surface area contributed by atoms with Gasteiger partial charge in [0.05, 0.1) is 10.8 Å². The van der Waals surface area contributed by atoms with Gasteiger partial charge in [-0.25, -0.2) is 8.42 Å². The summed E-state index contributed by atoms with van der Waals surface area (Å²) in [4.78, 5) is 13.3. The molecular formula is C26H30N2O3S. The van der Waals surface area contributed by atoms with Gasteiger partial charge in [-0.15, -0.1) is 0 Å². The third-order valence-corrected chi connectivity index (χ3v) is 8.46. The second kappa shape index (κ2) is 9.04. The zero-order valence-electron chi connectivity index (χ0n) is 18.9. The summed E-state index contributed by atoms with van der Waals surface area (Å²) >= 11 is 0. The molecule has 3 aromatic carbocycles. The van der Waals surface area contributed by atoms with Gasteiger partial charge in [0.2, 0.25) is 15.9 Å². The Bertz CT molecular complexity index is 1240. The molecule has 1 aliphatic rings. The van der Waals surface area contributed by atoms with Crippen molar-refractivity contribution in [2.24, 2.45) is 5.92 Å². The highest BCUT2D eigenvalue weighted by molar-refractivity contribution is 7.89. The predicted octanol–water partition coefficient (Wildman–Crippen LogP) is 4.48. The highest BCUT2D eigenvalue weighted by atomic mass is 32.2. The van der Waals surface area contributed by atoms with Gasteiger partial charge in [-0.2, -0.15) is 4.31 Å². The summed E-state index contributed by atoms with van der Waals surface area (Å²) in [5, 5.41) is 5.30. The maximum Gasteiger partial charge on any atom is 0.243 e. The largest absolute Gasteiger partial charge is 0.352 e. The molecule has 0 bridgehead atoms. The molecule has 6 heteroatoms. The number of rotatable bonds is 5. The number of nitrogens with zero attached hydrogens (tertiary/aromatic N) is 1. The molecule has 1 unspecified atom stereocenters. The van der Waals surface area contributed by atoms with Crippen LogP contribution in [0.1, 0.15) is 35.1 Å². The van der Waals surface area contributed by atoms with Crippen LogP contribution in [0.2, 0.25) is 0 Å². The first-order valence-corrected chi connectivity index (χ1v) is 12.5. The van der Waals surface area contributed by atoms with Crippen molar-refractivity contribution < 1.29 is 13.2 Å². The number of sulfonamides is 1. The molecule has 4 rings (SSSR count). The van der Waals surface area contributed by atoms with Crippen LogP contribution in [-0.2, 0) is 21.4 Å². The van der Waals surface area contributed by atoms with Crippen LogP contribution in [0.5, 0.6) is 0 Å². The molecule has 1 atom stereocenters. The summed E-state index contributed by atoms with van der Waals surface area (Å²) in [5.74, 6) is -0.435. The van der Waals surface area contributed by atoms with Gasteiger partial charge >= 0.3 is 0 Å². The van der Waals surface area contributed by atoms with E-state index in [1.165, 1.54) is 4.31 Å². The number of amides is 1. The van der Waals surface area contributed by atoms with E-state index in [4.69, 9.17) is 0 Å². The van der Waals surface area contributed by atoms with Crippen LogP contribution in [0.15, 0.2) is 59.5 Å². The Hall–Kier alpha value is -2.70. The molecule has 1 amide bonds. The van der Waals surface area contributed by atoms with Gasteiger partial charge < -0.3 is 5.32 Å². The number of piperidine rings is 1. The molecule has 1 heterocycles. The minimum Gasteiger partial charge on any atom is -0.352 e. The van der Waals surface area contributed by atoms with E-state index >= 15 is 0 Å². The van der Waals surface area contributed by atoms with E-state index in [0.717, 1.165) is 33.0 Å². The third-order valence-electron chi connectivity index (χ3n) is 6.29. The highest BCUT2D eigenvalue weighted by Crippen LogP contribution is 2.29. The van der Waals surface area contributed by atoms with E-state index in [-0.39, 0.29) is 18.4 Å². The van der Waals surface area contributed by atoms with Gasteiger partial charge in [0, 0.05) is 19.6 Å². The third kappa shape index (κ3) is 4.43. The zero-order chi connectivity index (χ0) is 22.9. The van der Waals surface area contributed by atoms with Crippen molar-refractivity contribution in [1.82, 2.24) is 9.62 Å². The number of hydrogen-bond acceptors (Lipinski definition) is 3. The summed E-state index contributed by atoms with van der Waals surface area (Å²) in [7, 11) is -3.65. The number of carbonyl (C=O) groups excluding carboxylic acids is 1. The second-order valence-corrected chi connectivity index (χ2v) is 10.7. The topological polar surface area (TPSA) is 66.5 Å². The van der Waals surface area contributed by atoms with Crippen molar-refractivity contribution in [2.75, 3.05) is 13.1 Å². The fraction of sp³-hybridized carbons (Fsp3) is 0.346. The van der Waals surface area contributed by atoms with Gasteiger partial charge in [0.25, 0.3) is 0 Å². The molecule has 0 aliphatic carbocycles. The average Bonchev–Trinajstić information content (AvgIpc) is 2.76. The summed E-state index contributed by atoms with van der Waals surface area (Å²) in [6, 6.07) is 18.0. The molecule has 1 aliphatic heterocycles. The molecule has 1 N–H and O–H groups in total. The number of fused-ring (bicyclic) bond motifs is 1. The van der Waals surface area contributed by atoms with Crippen LogP contribution in [0.25, 0.3) is 10.8 Å². The Morgan fingerprint density at radius 3 is 2.47 bits per heavy atom. The fourth-order valence-corrected chi connectivity index (χ4v) is 6.79. The van der Waals surface area contributed by atoms with Crippen LogP contribution >= 0.6 is 0 Å². The summed E-state index contributed by atoms with van der Waals surface area (Å²) in [6.07, 6.45) is 1.37. The lowest BCUT2D eigenvalue weighted by atomic mass is 9.98. The van der Waals surface area contributed by atoms with E-state index in [9.17, 15) is 13.2 Å². The Kier molecular flexibility index (Phi) is 6.35. The first-order valence-electron chi connectivity index (χ1n) is 11.1. The second-order valence-electron chi connectivity index (χ2n) is 8.79. The van der Waals surface area contributed by atoms with Crippen LogP contribution in [0, 0.1) is 26.7 Å².